The van der Waals surface area contributed by atoms with Crippen molar-refractivity contribution in [2.75, 3.05) is 25.5 Å². The number of amides is 2. The van der Waals surface area contributed by atoms with Crippen LogP contribution in [0.2, 0.25) is 0 Å². The van der Waals surface area contributed by atoms with E-state index >= 15 is 0 Å². The first-order valence-electron chi connectivity index (χ1n) is 6.95. The van der Waals surface area contributed by atoms with Gasteiger partial charge in [0.1, 0.15) is 0 Å². The van der Waals surface area contributed by atoms with Crippen molar-refractivity contribution in [3.63, 3.8) is 0 Å². The monoisotopic (exact) mass is 311 g/mol. The third kappa shape index (κ3) is 4.44. The predicted molar refractivity (Wildman–Crippen MR) is 86.0 cm³/mol. The first-order valence-corrected chi connectivity index (χ1v) is 6.95. The van der Waals surface area contributed by atoms with Crippen LogP contribution in [0.15, 0.2) is 24.3 Å². The summed E-state index contributed by atoms with van der Waals surface area (Å²) in [7, 11) is 1.91. The third-order valence-electron chi connectivity index (χ3n) is 3.53. The largest absolute Gasteiger partial charge is 0.334 e. The number of halogens is 1. The molecule has 0 aromatic heterocycles. The zero-order valence-corrected chi connectivity index (χ0v) is 13.2. The molecule has 5 nitrogen and oxygen atoms in total. The second-order valence-corrected chi connectivity index (χ2v) is 5.11. The van der Waals surface area contributed by atoms with Gasteiger partial charge in [-0.05, 0) is 44.2 Å². The zero-order valence-electron chi connectivity index (χ0n) is 12.4. The van der Waals surface area contributed by atoms with Crippen molar-refractivity contribution in [2.45, 2.75) is 25.8 Å². The molecule has 1 saturated heterocycles. The molecular formula is C15H22ClN3O2. The number of hydrogen-bond donors (Lipinski definition) is 2. The van der Waals surface area contributed by atoms with Crippen LogP contribution in [0.1, 0.15) is 30.1 Å². The molecule has 6 heteroatoms. The lowest BCUT2D eigenvalue weighted by Crippen LogP contribution is -2.40. The summed E-state index contributed by atoms with van der Waals surface area (Å²) < 4.78 is 0. The van der Waals surface area contributed by atoms with Gasteiger partial charge in [0.25, 0.3) is 5.91 Å². The van der Waals surface area contributed by atoms with Gasteiger partial charge in [-0.3, -0.25) is 9.59 Å². The molecule has 0 radical (unpaired) electrons. The van der Waals surface area contributed by atoms with E-state index in [0.717, 1.165) is 25.9 Å². The van der Waals surface area contributed by atoms with Gasteiger partial charge >= 0.3 is 0 Å². The number of hydrogen-bond acceptors (Lipinski definition) is 3. The summed E-state index contributed by atoms with van der Waals surface area (Å²) in [6.07, 6.45) is 2.11. The van der Waals surface area contributed by atoms with Gasteiger partial charge < -0.3 is 15.5 Å². The zero-order chi connectivity index (χ0) is 14.5. The summed E-state index contributed by atoms with van der Waals surface area (Å²) in [4.78, 5) is 25.4. The Hall–Kier alpha value is -1.59. The summed E-state index contributed by atoms with van der Waals surface area (Å²) in [6.45, 7) is 3.11. The van der Waals surface area contributed by atoms with Gasteiger partial charge in [-0.15, -0.1) is 12.4 Å². The van der Waals surface area contributed by atoms with Crippen molar-refractivity contribution >= 4 is 29.9 Å². The number of anilines is 1. The van der Waals surface area contributed by atoms with Crippen molar-refractivity contribution in [1.29, 1.82) is 0 Å². The predicted octanol–water partition coefficient (Wildman–Crippen LogP) is 1.89. The molecule has 2 rings (SSSR count). The van der Waals surface area contributed by atoms with Gasteiger partial charge in [0, 0.05) is 37.3 Å². The van der Waals surface area contributed by atoms with E-state index in [1.54, 1.807) is 24.3 Å². The molecule has 1 unspecified atom stereocenters. The van der Waals surface area contributed by atoms with Gasteiger partial charge in [0.15, 0.2) is 0 Å². The Bertz CT molecular complexity index is 490. The number of carbonyl (C=O) groups excluding carboxylic acids is 2. The second kappa shape index (κ2) is 8.00. The average molecular weight is 312 g/mol. The van der Waals surface area contributed by atoms with E-state index in [1.807, 2.05) is 11.9 Å². The van der Waals surface area contributed by atoms with Crippen molar-refractivity contribution < 1.29 is 9.59 Å². The van der Waals surface area contributed by atoms with Crippen molar-refractivity contribution in [3.05, 3.63) is 29.8 Å². The molecule has 1 aromatic carbocycles. The fourth-order valence-electron chi connectivity index (χ4n) is 2.62. The molecule has 116 valence electrons. The van der Waals surface area contributed by atoms with E-state index < -0.39 is 0 Å². The number of likely N-dealkylation sites (N-methyl/N-ethyl adjacent to an activating group) is 1. The minimum atomic E-state index is -0.113. The Morgan fingerprint density at radius 3 is 2.52 bits per heavy atom. The quantitative estimate of drug-likeness (QED) is 0.892. The number of rotatable bonds is 4. The van der Waals surface area contributed by atoms with Crippen molar-refractivity contribution in [3.8, 4) is 0 Å². The highest BCUT2D eigenvalue weighted by Crippen LogP contribution is 2.20. The average Bonchev–Trinajstić information content (AvgIpc) is 2.87. The molecule has 2 N–H and O–H groups in total. The molecule has 21 heavy (non-hydrogen) atoms. The van der Waals surface area contributed by atoms with E-state index in [1.165, 1.54) is 6.92 Å². The van der Waals surface area contributed by atoms with E-state index in [0.29, 0.717) is 11.3 Å². The van der Waals surface area contributed by atoms with Crippen LogP contribution in [0, 0.1) is 0 Å². The van der Waals surface area contributed by atoms with Gasteiger partial charge in [0.2, 0.25) is 5.91 Å². The number of carbonyl (C=O) groups is 2. The fraction of sp³-hybridized carbons (Fsp3) is 0.467. The van der Waals surface area contributed by atoms with Crippen LogP contribution in [-0.2, 0) is 4.79 Å². The SMILES string of the molecule is CNCC1CCCN1C(=O)c1ccc(NC(C)=O)cc1.Cl. The molecular weight excluding hydrogens is 290 g/mol. The standard InChI is InChI=1S/C15H21N3O2.ClH/c1-11(19)17-13-7-5-12(6-8-13)15(20)18-9-3-4-14(18)10-16-2;/h5-8,14,16H,3-4,9-10H2,1-2H3,(H,17,19);1H. The smallest absolute Gasteiger partial charge is 0.254 e. The molecule has 0 aliphatic carbocycles. The van der Waals surface area contributed by atoms with Gasteiger partial charge in [-0.25, -0.2) is 0 Å². The Kier molecular flexibility index (Phi) is 6.65. The lowest BCUT2D eigenvalue weighted by molar-refractivity contribution is -0.114. The molecule has 1 atom stereocenters. The second-order valence-electron chi connectivity index (χ2n) is 5.11. The molecule has 2 amide bonds. The maximum absolute atomic E-state index is 12.5. The van der Waals surface area contributed by atoms with E-state index in [2.05, 4.69) is 10.6 Å². The van der Waals surface area contributed by atoms with Crippen LogP contribution in [0.25, 0.3) is 0 Å². The molecule has 0 bridgehead atoms. The maximum atomic E-state index is 12.5. The number of benzene rings is 1. The molecule has 0 saturated carbocycles. The number of nitrogens with one attached hydrogen (secondary N) is 2. The summed E-state index contributed by atoms with van der Waals surface area (Å²) in [5.41, 5.74) is 1.38. The van der Waals surface area contributed by atoms with Crippen molar-refractivity contribution in [2.24, 2.45) is 0 Å². The van der Waals surface area contributed by atoms with Crippen LogP contribution in [-0.4, -0.2) is 42.9 Å². The highest BCUT2D eigenvalue weighted by atomic mass is 35.5. The van der Waals surface area contributed by atoms with E-state index in [4.69, 9.17) is 0 Å². The van der Waals surface area contributed by atoms with Crippen LogP contribution in [0.3, 0.4) is 0 Å². The minimum absolute atomic E-state index is 0. The molecule has 1 heterocycles. The Balaban J connectivity index is 0.00000220. The van der Waals surface area contributed by atoms with Crippen LogP contribution in [0.5, 0.6) is 0 Å². The van der Waals surface area contributed by atoms with Gasteiger partial charge in [-0.1, -0.05) is 0 Å². The molecule has 1 fully saturated rings. The number of nitrogens with zero attached hydrogens (tertiary/aromatic N) is 1. The normalized spacial score (nSPS) is 17.2. The molecule has 1 aliphatic rings. The van der Waals surface area contributed by atoms with Crippen LogP contribution in [0.4, 0.5) is 5.69 Å². The Morgan fingerprint density at radius 1 is 1.29 bits per heavy atom. The first-order chi connectivity index (χ1) is 9.61. The van der Waals surface area contributed by atoms with E-state index in [9.17, 15) is 9.59 Å². The maximum Gasteiger partial charge on any atom is 0.254 e. The third-order valence-corrected chi connectivity index (χ3v) is 3.53. The molecule has 0 spiro atoms. The van der Waals surface area contributed by atoms with Gasteiger partial charge in [0.05, 0.1) is 0 Å². The summed E-state index contributed by atoms with van der Waals surface area (Å²) in [5, 5.41) is 5.83. The summed E-state index contributed by atoms with van der Waals surface area (Å²) in [6, 6.07) is 7.34. The van der Waals surface area contributed by atoms with Gasteiger partial charge in [-0.2, -0.15) is 0 Å². The van der Waals surface area contributed by atoms with Crippen LogP contribution < -0.4 is 10.6 Å². The lowest BCUT2D eigenvalue weighted by atomic mass is 10.1. The molecule has 1 aliphatic heterocycles. The summed E-state index contributed by atoms with van der Waals surface area (Å²) >= 11 is 0. The van der Waals surface area contributed by atoms with Crippen molar-refractivity contribution in [1.82, 2.24) is 10.2 Å². The Labute approximate surface area is 131 Å². The number of likely N-dealkylation sites (tertiary alicyclic amines) is 1. The fourth-order valence-corrected chi connectivity index (χ4v) is 2.62. The summed E-state index contributed by atoms with van der Waals surface area (Å²) in [5.74, 6) is -0.0465. The Morgan fingerprint density at radius 2 is 1.95 bits per heavy atom. The first kappa shape index (κ1) is 17.5. The highest BCUT2D eigenvalue weighted by molar-refractivity contribution is 5.95. The lowest BCUT2D eigenvalue weighted by Gasteiger charge is -2.24. The highest BCUT2D eigenvalue weighted by Gasteiger charge is 2.28. The molecule has 1 aromatic rings. The van der Waals surface area contributed by atoms with E-state index in [-0.39, 0.29) is 30.3 Å². The topological polar surface area (TPSA) is 61.4 Å². The minimum Gasteiger partial charge on any atom is -0.334 e. The van der Waals surface area contributed by atoms with Crippen LogP contribution >= 0.6 is 12.4 Å².